The highest BCUT2D eigenvalue weighted by molar-refractivity contribution is 5.99. The van der Waals surface area contributed by atoms with Gasteiger partial charge in [0.15, 0.2) is 0 Å². The van der Waals surface area contributed by atoms with E-state index >= 15 is 0 Å². The molecule has 2 aromatic carbocycles. The summed E-state index contributed by atoms with van der Waals surface area (Å²) in [5.74, 6) is -1.83. The van der Waals surface area contributed by atoms with Crippen molar-refractivity contribution in [2.45, 2.75) is 6.92 Å². The molecule has 0 unspecified atom stereocenters. The molecule has 0 saturated heterocycles. The molecule has 0 heterocycles. The summed E-state index contributed by atoms with van der Waals surface area (Å²) in [6, 6.07) is 12.9. The number of phenolic OH excluding ortho intramolecular Hbond substituents is 1. The Hall–Kier alpha value is -3.35. The van der Waals surface area contributed by atoms with Crippen molar-refractivity contribution in [3.63, 3.8) is 0 Å². The van der Waals surface area contributed by atoms with Gasteiger partial charge in [-0.1, -0.05) is 30.3 Å². The molecule has 0 aliphatic rings. The SMILES string of the molecule is Cc1ccccc1C(=O)NCC(=O)NNC(=O)c1ccccc1O. The summed E-state index contributed by atoms with van der Waals surface area (Å²) in [6.07, 6.45) is 0. The van der Waals surface area contributed by atoms with E-state index in [1.807, 2.05) is 6.07 Å². The number of para-hydroxylation sites is 1. The first-order chi connectivity index (χ1) is 11.5. The zero-order chi connectivity index (χ0) is 17.5. The number of aromatic hydroxyl groups is 1. The standard InChI is InChI=1S/C17H17N3O4/c1-11-6-2-3-7-12(11)16(23)18-10-15(22)19-20-17(24)13-8-4-5-9-14(13)21/h2-9,21H,10H2,1H3,(H,18,23)(H,19,22)(H,20,24). The van der Waals surface area contributed by atoms with Crippen LogP contribution >= 0.6 is 0 Å². The number of carbonyl (C=O) groups excluding carboxylic acids is 3. The van der Waals surface area contributed by atoms with Crippen molar-refractivity contribution in [1.29, 1.82) is 0 Å². The molecule has 7 nitrogen and oxygen atoms in total. The molecular formula is C17H17N3O4. The quantitative estimate of drug-likeness (QED) is 0.626. The van der Waals surface area contributed by atoms with E-state index < -0.39 is 11.8 Å². The van der Waals surface area contributed by atoms with Crippen LogP contribution in [0.2, 0.25) is 0 Å². The first kappa shape index (κ1) is 17.0. The van der Waals surface area contributed by atoms with Crippen LogP contribution in [0, 0.1) is 6.92 Å². The minimum atomic E-state index is -0.660. The lowest BCUT2D eigenvalue weighted by Crippen LogP contribution is -2.46. The lowest BCUT2D eigenvalue weighted by molar-refractivity contribution is -0.120. The summed E-state index contributed by atoms with van der Waals surface area (Å²) >= 11 is 0. The molecule has 124 valence electrons. The van der Waals surface area contributed by atoms with Gasteiger partial charge in [0.1, 0.15) is 5.75 Å². The molecule has 7 heteroatoms. The number of hydrogen-bond donors (Lipinski definition) is 4. The molecule has 0 saturated carbocycles. The van der Waals surface area contributed by atoms with Crippen LogP contribution in [0.3, 0.4) is 0 Å². The van der Waals surface area contributed by atoms with E-state index in [2.05, 4.69) is 16.2 Å². The van der Waals surface area contributed by atoms with E-state index in [-0.39, 0.29) is 23.8 Å². The van der Waals surface area contributed by atoms with Gasteiger partial charge in [-0.25, -0.2) is 0 Å². The van der Waals surface area contributed by atoms with E-state index in [1.54, 1.807) is 37.3 Å². The lowest BCUT2D eigenvalue weighted by Gasteiger charge is -2.10. The van der Waals surface area contributed by atoms with E-state index in [0.717, 1.165) is 5.56 Å². The minimum absolute atomic E-state index is 0.0294. The molecule has 0 aliphatic carbocycles. The third-order valence-corrected chi connectivity index (χ3v) is 3.26. The van der Waals surface area contributed by atoms with Crippen molar-refractivity contribution in [2.75, 3.05) is 6.54 Å². The molecule has 24 heavy (non-hydrogen) atoms. The first-order valence-electron chi connectivity index (χ1n) is 7.20. The van der Waals surface area contributed by atoms with Crippen molar-refractivity contribution < 1.29 is 19.5 Å². The van der Waals surface area contributed by atoms with E-state index in [1.165, 1.54) is 12.1 Å². The summed E-state index contributed by atoms with van der Waals surface area (Å²) in [5.41, 5.74) is 5.63. The Kier molecular flexibility index (Phi) is 5.51. The predicted octanol–water partition coefficient (Wildman–Crippen LogP) is 0.892. The van der Waals surface area contributed by atoms with Crippen LogP contribution in [0.5, 0.6) is 5.75 Å². The zero-order valence-corrected chi connectivity index (χ0v) is 13.0. The number of rotatable bonds is 4. The topological polar surface area (TPSA) is 108 Å². The van der Waals surface area contributed by atoms with Crippen LogP contribution in [-0.4, -0.2) is 29.4 Å². The molecule has 0 aliphatic heterocycles. The van der Waals surface area contributed by atoms with Crippen molar-refractivity contribution in [2.24, 2.45) is 0 Å². The van der Waals surface area contributed by atoms with Gasteiger partial charge in [0, 0.05) is 5.56 Å². The van der Waals surface area contributed by atoms with Crippen LogP contribution in [0.1, 0.15) is 26.3 Å². The van der Waals surface area contributed by atoms with Crippen LogP contribution < -0.4 is 16.2 Å². The molecule has 2 aromatic rings. The van der Waals surface area contributed by atoms with Gasteiger partial charge in [-0.05, 0) is 30.7 Å². The fraction of sp³-hybridized carbons (Fsp3) is 0.118. The Morgan fingerprint density at radius 2 is 1.50 bits per heavy atom. The molecule has 0 atom stereocenters. The maximum Gasteiger partial charge on any atom is 0.273 e. The zero-order valence-electron chi connectivity index (χ0n) is 13.0. The Bertz CT molecular complexity index is 710. The second-order valence-corrected chi connectivity index (χ2v) is 5.02. The smallest absolute Gasteiger partial charge is 0.273 e. The summed E-state index contributed by atoms with van der Waals surface area (Å²) in [5, 5.41) is 12.0. The normalized spacial score (nSPS) is 9.88. The van der Waals surface area contributed by atoms with Gasteiger partial charge in [-0.2, -0.15) is 0 Å². The number of nitrogens with one attached hydrogen (secondary N) is 3. The van der Waals surface area contributed by atoms with Crippen molar-refractivity contribution >= 4 is 17.7 Å². The third-order valence-electron chi connectivity index (χ3n) is 3.26. The monoisotopic (exact) mass is 327 g/mol. The molecule has 0 aromatic heterocycles. The predicted molar refractivity (Wildman–Crippen MR) is 87.2 cm³/mol. The number of aryl methyl sites for hydroxylation is 1. The summed E-state index contributed by atoms with van der Waals surface area (Å²) in [6.45, 7) is 1.50. The number of amides is 3. The van der Waals surface area contributed by atoms with Gasteiger partial charge in [-0.3, -0.25) is 25.2 Å². The number of phenols is 1. The molecule has 0 radical (unpaired) electrons. The van der Waals surface area contributed by atoms with Crippen LogP contribution in [0.15, 0.2) is 48.5 Å². The summed E-state index contributed by atoms with van der Waals surface area (Å²) in [7, 11) is 0. The van der Waals surface area contributed by atoms with Crippen LogP contribution in [0.25, 0.3) is 0 Å². The second-order valence-electron chi connectivity index (χ2n) is 5.02. The minimum Gasteiger partial charge on any atom is -0.507 e. The Morgan fingerprint density at radius 1 is 0.875 bits per heavy atom. The number of benzene rings is 2. The maximum absolute atomic E-state index is 12.0. The third kappa shape index (κ3) is 4.33. The summed E-state index contributed by atoms with van der Waals surface area (Å²) < 4.78 is 0. The fourth-order valence-corrected chi connectivity index (χ4v) is 1.99. The largest absolute Gasteiger partial charge is 0.507 e. The van der Waals surface area contributed by atoms with E-state index in [4.69, 9.17) is 0 Å². The highest BCUT2D eigenvalue weighted by Gasteiger charge is 2.12. The average molecular weight is 327 g/mol. The fourth-order valence-electron chi connectivity index (χ4n) is 1.99. The van der Waals surface area contributed by atoms with Gasteiger partial charge in [-0.15, -0.1) is 0 Å². The van der Waals surface area contributed by atoms with Gasteiger partial charge < -0.3 is 10.4 Å². The Morgan fingerprint density at radius 3 is 2.17 bits per heavy atom. The number of carbonyl (C=O) groups is 3. The molecule has 4 N–H and O–H groups in total. The van der Waals surface area contributed by atoms with Gasteiger partial charge in [0.2, 0.25) is 0 Å². The van der Waals surface area contributed by atoms with E-state index in [0.29, 0.717) is 5.56 Å². The van der Waals surface area contributed by atoms with Gasteiger partial charge >= 0.3 is 0 Å². The Labute approximate surface area is 138 Å². The van der Waals surface area contributed by atoms with Crippen molar-refractivity contribution in [3.8, 4) is 5.75 Å². The van der Waals surface area contributed by atoms with Gasteiger partial charge in [0.05, 0.1) is 12.1 Å². The molecule has 3 amide bonds. The summed E-state index contributed by atoms with van der Waals surface area (Å²) in [4.78, 5) is 35.4. The van der Waals surface area contributed by atoms with E-state index in [9.17, 15) is 19.5 Å². The van der Waals surface area contributed by atoms with Gasteiger partial charge in [0.25, 0.3) is 17.7 Å². The first-order valence-corrected chi connectivity index (χ1v) is 7.20. The van der Waals surface area contributed by atoms with Crippen molar-refractivity contribution in [1.82, 2.24) is 16.2 Å². The molecule has 0 spiro atoms. The van der Waals surface area contributed by atoms with Crippen LogP contribution in [-0.2, 0) is 4.79 Å². The number of hydrogen-bond acceptors (Lipinski definition) is 4. The molecule has 0 bridgehead atoms. The van der Waals surface area contributed by atoms with Crippen molar-refractivity contribution in [3.05, 3.63) is 65.2 Å². The maximum atomic E-state index is 12.0. The van der Waals surface area contributed by atoms with Crippen LogP contribution in [0.4, 0.5) is 0 Å². The lowest BCUT2D eigenvalue weighted by atomic mass is 10.1. The Balaban J connectivity index is 1.82. The molecule has 0 fully saturated rings. The molecular weight excluding hydrogens is 310 g/mol. The highest BCUT2D eigenvalue weighted by Crippen LogP contribution is 2.14. The number of hydrazine groups is 1. The molecule has 2 rings (SSSR count). The average Bonchev–Trinajstić information content (AvgIpc) is 2.58. The highest BCUT2D eigenvalue weighted by atomic mass is 16.3. The second kappa shape index (κ2) is 7.77.